The summed E-state index contributed by atoms with van der Waals surface area (Å²) < 4.78 is 4.77. The Morgan fingerprint density at radius 1 is 1.53 bits per heavy atom. The van der Waals surface area contributed by atoms with Crippen LogP contribution >= 0.6 is 11.8 Å². The van der Waals surface area contributed by atoms with E-state index in [2.05, 4.69) is 0 Å². The highest BCUT2D eigenvalue weighted by Gasteiger charge is 2.06. The fourth-order valence-electron chi connectivity index (χ4n) is 1.21. The second-order valence-corrected chi connectivity index (χ2v) is 4.21. The summed E-state index contributed by atoms with van der Waals surface area (Å²) in [6.45, 7) is 2.12. The maximum atomic E-state index is 11.1. The van der Waals surface area contributed by atoms with Crippen LogP contribution in [-0.2, 0) is 15.3 Å². The molecule has 0 unspecified atom stereocenters. The van der Waals surface area contributed by atoms with Gasteiger partial charge in [0.15, 0.2) is 0 Å². The molecule has 0 aromatic heterocycles. The van der Waals surface area contributed by atoms with Crippen LogP contribution in [0.1, 0.15) is 12.5 Å². The SMILES string of the molecule is CCOC(=O)CSCc1cccc([N+](=O)[O-])c1. The number of nitro benzene ring substituents is 1. The molecule has 0 aliphatic rings. The fourth-order valence-corrected chi connectivity index (χ4v) is 1.98. The van der Waals surface area contributed by atoms with Crippen LogP contribution in [0.2, 0.25) is 0 Å². The summed E-state index contributed by atoms with van der Waals surface area (Å²) in [6, 6.07) is 6.39. The van der Waals surface area contributed by atoms with E-state index >= 15 is 0 Å². The van der Waals surface area contributed by atoms with Gasteiger partial charge in [-0.1, -0.05) is 12.1 Å². The number of carbonyl (C=O) groups is 1. The van der Waals surface area contributed by atoms with E-state index < -0.39 is 4.92 Å². The van der Waals surface area contributed by atoms with Crippen molar-refractivity contribution in [2.24, 2.45) is 0 Å². The molecular weight excluding hydrogens is 242 g/mol. The highest BCUT2D eigenvalue weighted by molar-refractivity contribution is 7.99. The van der Waals surface area contributed by atoms with Gasteiger partial charge in [0.25, 0.3) is 5.69 Å². The number of non-ortho nitro benzene ring substituents is 1. The first-order valence-corrected chi connectivity index (χ1v) is 6.25. The van der Waals surface area contributed by atoms with Crippen molar-refractivity contribution in [3.05, 3.63) is 39.9 Å². The van der Waals surface area contributed by atoms with Gasteiger partial charge in [0.05, 0.1) is 17.3 Å². The minimum atomic E-state index is -0.431. The number of hydrogen-bond acceptors (Lipinski definition) is 5. The molecule has 0 spiro atoms. The van der Waals surface area contributed by atoms with E-state index in [1.54, 1.807) is 19.1 Å². The maximum absolute atomic E-state index is 11.1. The van der Waals surface area contributed by atoms with E-state index in [1.165, 1.54) is 23.9 Å². The molecule has 1 aromatic rings. The molecule has 0 saturated heterocycles. The fraction of sp³-hybridized carbons (Fsp3) is 0.364. The number of thioether (sulfide) groups is 1. The number of carbonyl (C=O) groups excluding carboxylic acids is 1. The Morgan fingerprint density at radius 2 is 2.29 bits per heavy atom. The minimum Gasteiger partial charge on any atom is -0.465 e. The lowest BCUT2D eigenvalue weighted by molar-refractivity contribution is -0.384. The number of hydrogen-bond donors (Lipinski definition) is 0. The van der Waals surface area contributed by atoms with Gasteiger partial charge in [-0.3, -0.25) is 14.9 Å². The summed E-state index contributed by atoms with van der Waals surface area (Å²) >= 11 is 1.38. The first kappa shape index (κ1) is 13.5. The van der Waals surface area contributed by atoms with Crippen LogP contribution in [0, 0.1) is 10.1 Å². The van der Waals surface area contributed by atoms with Gasteiger partial charge in [-0.25, -0.2) is 0 Å². The van der Waals surface area contributed by atoms with Gasteiger partial charge in [0, 0.05) is 17.9 Å². The Hall–Kier alpha value is -1.56. The first-order chi connectivity index (χ1) is 8.13. The Morgan fingerprint density at radius 3 is 2.94 bits per heavy atom. The maximum Gasteiger partial charge on any atom is 0.315 e. The normalized spacial score (nSPS) is 9.94. The molecular formula is C11H13NO4S. The van der Waals surface area contributed by atoms with Crippen molar-refractivity contribution < 1.29 is 14.5 Å². The quantitative estimate of drug-likeness (QED) is 0.443. The van der Waals surface area contributed by atoms with E-state index in [4.69, 9.17) is 4.74 Å². The highest BCUT2D eigenvalue weighted by Crippen LogP contribution is 2.17. The lowest BCUT2D eigenvalue weighted by Gasteiger charge is -2.02. The Balaban J connectivity index is 2.44. The van der Waals surface area contributed by atoms with E-state index in [9.17, 15) is 14.9 Å². The molecule has 0 saturated carbocycles. The summed E-state index contributed by atoms with van der Waals surface area (Å²) in [5, 5.41) is 10.5. The predicted molar refractivity (Wildman–Crippen MR) is 65.9 cm³/mol. The van der Waals surface area contributed by atoms with Crippen molar-refractivity contribution in [1.82, 2.24) is 0 Å². The van der Waals surface area contributed by atoms with Crippen molar-refractivity contribution in [1.29, 1.82) is 0 Å². The van der Waals surface area contributed by atoms with Crippen LogP contribution < -0.4 is 0 Å². The van der Waals surface area contributed by atoms with Crippen LogP contribution in [-0.4, -0.2) is 23.3 Å². The number of benzene rings is 1. The number of nitrogens with zero attached hydrogens (tertiary/aromatic N) is 1. The van der Waals surface area contributed by atoms with Gasteiger partial charge in [0.2, 0.25) is 0 Å². The van der Waals surface area contributed by atoms with Crippen molar-refractivity contribution in [2.45, 2.75) is 12.7 Å². The number of nitro groups is 1. The molecule has 0 aliphatic heterocycles. The van der Waals surface area contributed by atoms with Gasteiger partial charge in [0.1, 0.15) is 0 Å². The number of ether oxygens (including phenoxy) is 1. The summed E-state index contributed by atoms with van der Waals surface area (Å²) in [6.07, 6.45) is 0. The van der Waals surface area contributed by atoms with Crippen LogP contribution in [0.25, 0.3) is 0 Å². The van der Waals surface area contributed by atoms with Gasteiger partial charge in [-0.2, -0.15) is 0 Å². The molecule has 1 aromatic carbocycles. The summed E-state index contributed by atoms with van der Waals surface area (Å²) in [7, 11) is 0. The largest absolute Gasteiger partial charge is 0.465 e. The molecule has 0 amide bonds. The lowest BCUT2D eigenvalue weighted by atomic mass is 10.2. The average Bonchev–Trinajstić information content (AvgIpc) is 2.30. The zero-order valence-corrected chi connectivity index (χ0v) is 10.2. The zero-order valence-electron chi connectivity index (χ0n) is 9.42. The van der Waals surface area contributed by atoms with Gasteiger partial charge in [-0.15, -0.1) is 11.8 Å². The molecule has 1 rings (SSSR count). The first-order valence-electron chi connectivity index (χ1n) is 5.10. The van der Waals surface area contributed by atoms with E-state index in [-0.39, 0.29) is 17.4 Å². The Bertz CT molecular complexity index is 408. The smallest absolute Gasteiger partial charge is 0.315 e. The molecule has 17 heavy (non-hydrogen) atoms. The van der Waals surface area contributed by atoms with E-state index in [0.29, 0.717) is 12.4 Å². The summed E-state index contributed by atoms with van der Waals surface area (Å²) in [4.78, 5) is 21.2. The second-order valence-electron chi connectivity index (χ2n) is 3.22. The van der Waals surface area contributed by atoms with Crippen molar-refractivity contribution >= 4 is 23.4 Å². The van der Waals surface area contributed by atoms with Crippen LogP contribution in [0.15, 0.2) is 24.3 Å². The summed E-state index contributed by atoms with van der Waals surface area (Å²) in [5.41, 5.74) is 0.896. The molecule has 0 N–H and O–H groups in total. The van der Waals surface area contributed by atoms with Gasteiger partial charge in [-0.05, 0) is 12.5 Å². The molecule has 92 valence electrons. The standard InChI is InChI=1S/C11H13NO4S/c1-2-16-11(13)8-17-7-9-4-3-5-10(6-9)12(14)15/h3-6H,2,7-8H2,1H3. The molecule has 0 heterocycles. The third kappa shape index (κ3) is 4.86. The lowest BCUT2D eigenvalue weighted by Crippen LogP contribution is -2.06. The number of esters is 1. The highest BCUT2D eigenvalue weighted by atomic mass is 32.2. The minimum absolute atomic E-state index is 0.0687. The molecule has 6 heteroatoms. The molecule has 0 fully saturated rings. The van der Waals surface area contributed by atoms with Crippen LogP contribution in [0.4, 0.5) is 5.69 Å². The molecule has 0 aliphatic carbocycles. The second kappa shape index (κ2) is 6.90. The molecule has 0 bridgehead atoms. The topological polar surface area (TPSA) is 69.4 Å². The number of rotatable bonds is 6. The Labute approximate surface area is 103 Å². The van der Waals surface area contributed by atoms with Crippen molar-refractivity contribution in [2.75, 3.05) is 12.4 Å². The average molecular weight is 255 g/mol. The van der Waals surface area contributed by atoms with E-state index in [1.807, 2.05) is 0 Å². The third-order valence-corrected chi connectivity index (χ3v) is 2.89. The predicted octanol–water partition coefficient (Wildman–Crippen LogP) is 2.39. The van der Waals surface area contributed by atoms with Crippen molar-refractivity contribution in [3.63, 3.8) is 0 Å². The van der Waals surface area contributed by atoms with Crippen LogP contribution in [0.5, 0.6) is 0 Å². The van der Waals surface area contributed by atoms with Crippen molar-refractivity contribution in [3.8, 4) is 0 Å². The molecule has 0 atom stereocenters. The van der Waals surface area contributed by atoms with Gasteiger partial charge < -0.3 is 4.74 Å². The Kier molecular flexibility index (Phi) is 5.48. The molecule has 0 radical (unpaired) electrons. The zero-order chi connectivity index (χ0) is 12.7. The van der Waals surface area contributed by atoms with E-state index in [0.717, 1.165) is 5.56 Å². The third-order valence-electron chi connectivity index (χ3n) is 1.92. The molecule has 5 nitrogen and oxygen atoms in total. The summed E-state index contributed by atoms with van der Waals surface area (Å²) in [5.74, 6) is 0.555. The van der Waals surface area contributed by atoms with Gasteiger partial charge >= 0.3 is 5.97 Å². The van der Waals surface area contributed by atoms with Crippen LogP contribution in [0.3, 0.4) is 0 Å². The monoisotopic (exact) mass is 255 g/mol.